The number of methoxy groups -OCH3 is 1. The average Bonchev–Trinajstić information content (AvgIpc) is 2.56. The number of rotatable bonds is 5. The maximum absolute atomic E-state index is 12.6. The summed E-state index contributed by atoms with van der Waals surface area (Å²) in [5.41, 5.74) is -1.45. The quantitative estimate of drug-likeness (QED) is 0.834. The molecule has 1 aliphatic heterocycles. The highest BCUT2D eigenvalue weighted by Gasteiger charge is 2.40. The van der Waals surface area contributed by atoms with Crippen LogP contribution < -0.4 is 9.47 Å². The van der Waals surface area contributed by atoms with E-state index in [9.17, 15) is 14.7 Å². The topological polar surface area (TPSA) is 96.3 Å². The summed E-state index contributed by atoms with van der Waals surface area (Å²) in [4.78, 5) is 25.1. The first-order chi connectivity index (χ1) is 11.3. The minimum atomic E-state index is -1.77. The third-order valence-corrected chi connectivity index (χ3v) is 4.32. The van der Waals surface area contributed by atoms with Crippen LogP contribution in [0.2, 0.25) is 5.02 Å². The van der Waals surface area contributed by atoms with Gasteiger partial charge in [0.1, 0.15) is 0 Å². The van der Waals surface area contributed by atoms with Crippen LogP contribution in [0, 0.1) is 0 Å². The van der Waals surface area contributed by atoms with Crippen LogP contribution in [0.25, 0.3) is 0 Å². The molecular formula is C16H20ClNO6. The number of aliphatic hydroxyl groups is 1. The summed E-state index contributed by atoms with van der Waals surface area (Å²) in [7, 11) is 1.45. The number of piperidine rings is 1. The molecular weight excluding hydrogens is 338 g/mol. The highest BCUT2D eigenvalue weighted by atomic mass is 35.5. The zero-order chi connectivity index (χ0) is 17.9. The summed E-state index contributed by atoms with van der Waals surface area (Å²) in [5.74, 6) is -0.838. The van der Waals surface area contributed by atoms with Gasteiger partial charge in [-0.15, -0.1) is 0 Å². The molecule has 1 heterocycles. The molecule has 0 aliphatic carbocycles. The number of likely N-dealkylation sites (tertiary alicyclic amines) is 1. The molecule has 2 N–H and O–H groups in total. The number of halogens is 1. The molecule has 0 aromatic heterocycles. The maximum Gasteiger partial charge on any atom is 0.335 e. The van der Waals surface area contributed by atoms with E-state index in [1.807, 2.05) is 6.92 Å². The molecule has 2 rings (SSSR count). The van der Waals surface area contributed by atoms with Crippen LogP contribution in [-0.2, 0) is 4.79 Å². The maximum atomic E-state index is 12.6. The van der Waals surface area contributed by atoms with Crippen LogP contribution in [-0.4, -0.2) is 59.4 Å². The van der Waals surface area contributed by atoms with E-state index in [2.05, 4.69) is 0 Å². The highest BCUT2D eigenvalue weighted by molar-refractivity contribution is 6.32. The van der Waals surface area contributed by atoms with Gasteiger partial charge in [-0.2, -0.15) is 0 Å². The van der Waals surface area contributed by atoms with Gasteiger partial charge in [0.2, 0.25) is 0 Å². The molecule has 0 spiro atoms. The lowest BCUT2D eigenvalue weighted by Gasteiger charge is -2.35. The van der Waals surface area contributed by atoms with Crippen LogP contribution in [0.1, 0.15) is 30.1 Å². The van der Waals surface area contributed by atoms with E-state index in [1.165, 1.54) is 24.1 Å². The van der Waals surface area contributed by atoms with Crippen molar-refractivity contribution < 1.29 is 29.3 Å². The first kappa shape index (κ1) is 18.4. The van der Waals surface area contributed by atoms with E-state index < -0.39 is 11.6 Å². The SMILES string of the molecule is CCOc1c(Cl)cc(C(=O)N2CCC(O)(C(=O)O)CC2)cc1OC. The van der Waals surface area contributed by atoms with Gasteiger partial charge in [0.05, 0.1) is 18.7 Å². The van der Waals surface area contributed by atoms with Crippen molar-refractivity contribution in [2.24, 2.45) is 0 Å². The number of carboxylic acids is 1. The van der Waals surface area contributed by atoms with Gasteiger partial charge < -0.3 is 24.6 Å². The third-order valence-electron chi connectivity index (χ3n) is 4.04. The van der Waals surface area contributed by atoms with Crippen LogP contribution in [0.3, 0.4) is 0 Å². The fourth-order valence-corrected chi connectivity index (χ4v) is 2.87. The fraction of sp³-hybridized carbons (Fsp3) is 0.500. The molecule has 0 bridgehead atoms. The monoisotopic (exact) mass is 357 g/mol. The van der Waals surface area contributed by atoms with Gasteiger partial charge in [-0.25, -0.2) is 4.79 Å². The van der Waals surface area contributed by atoms with E-state index in [-0.39, 0.29) is 36.9 Å². The second-order valence-electron chi connectivity index (χ2n) is 5.55. The van der Waals surface area contributed by atoms with Gasteiger partial charge in [-0.3, -0.25) is 4.79 Å². The van der Waals surface area contributed by atoms with Gasteiger partial charge in [-0.05, 0) is 19.1 Å². The predicted molar refractivity (Wildman–Crippen MR) is 86.9 cm³/mol. The molecule has 0 radical (unpaired) electrons. The summed E-state index contributed by atoms with van der Waals surface area (Å²) < 4.78 is 10.6. The highest BCUT2D eigenvalue weighted by Crippen LogP contribution is 2.37. The van der Waals surface area contributed by atoms with Gasteiger partial charge in [0.25, 0.3) is 5.91 Å². The molecule has 1 aliphatic rings. The van der Waals surface area contributed by atoms with E-state index in [0.29, 0.717) is 23.7 Å². The van der Waals surface area contributed by atoms with Crippen molar-refractivity contribution in [2.45, 2.75) is 25.4 Å². The normalized spacial score (nSPS) is 16.6. The predicted octanol–water partition coefficient (Wildman–Crippen LogP) is 1.80. The second kappa shape index (κ2) is 7.27. The first-order valence-electron chi connectivity index (χ1n) is 7.57. The average molecular weight is 358 g/mol. The standard InChI is InChI=1S/C16H20ClNO6/c1-3-24-13-11(17)8-10(9-12(13)23-2)14(19)18-6-4-16(22,5-7-18)15(20)21/h8-9,22H,3-7H2,1-2H3,(H,20,21). The molecule has 24 heavy (non-hydrogen) atoms. The smallest absolute Gasteiger partial charge is 0.335 e. The molecule has 0 saturated carbocycles. The summed E-state index contributed by atoms with van der Waals surface area (Å²) in [6.45, 7) is 2.51. The number of amides is 1. The van der Waals surface area contributed by atoms with Gasteiger partial charge >= 0.3 is 5.97 Å². The van der Waals surface area contributed by atoms with E-state index in [4.69, 9.17) is 26.2 Å². The van der Waals surface area contributed by atoms with Crippen molar-refractivity contribution in [3.8, 4) is 11.5 Å². The lowest BCUT2D eigenvalue weighted by atomic mass is 9.91. The second-order valence-corrected chi connectivity index (χ2v) is 5.96. The van der Waals surface area contributed by atoms with Crippen LogP contribution in [0.15, 0.2) is 12.1 Å². The minimum absolute atomic E-state index is 0.0179. The van der Waals surface area contributed by atoms with Gasteiger partial charge in [0.15, 0.2) is 17.1 Å². The Hall–Kier alpha value is -1.99. The number of ether oxygens (including phenoxy) is 2. The Bertz CT molecular complexity index is 640. The Labute approximate surface area is 144 Å². The van der Waals surface area contributed by atoms with Crippen molar-refractivity contribution in [3.63, 3.8) is 0 Å². The zero-order valence-electron chi connectivity index (χ0n) is 13.5. The number of hydrogen-bond acceptors (Lipinski definition) is 5. The molecule has 1 aromatic carbocycles. The zero-order valence-corrected chi connectivity index (χ0v) is 14.3. The fourth-order valence-electron chi connectivity index (χ4n) is 2.60. The number of carbonyl (C=O) groups excluding carboxylic acids is 1. The molecule has 1 amide bonds. The third kappa shape index (κ3) is 3.57. The molecule has 132 valence electrons. The van der Waals surface area contributed by atoms with Crippen molar-refractivity contribution in [3.05, 3.63) is 22.7 Å². The van der Waals surface area contributed by atoms with Crippen molar-refractivity contribution >= 4 is 23.5 Å². The number of aliphatic carboxylic acids is 1. The Kier molecular flexibility index (Phi) is 5.56. The lowest BCUT2D eigenvalue weighted by molar-refractivity contribution is -0.162. The Morgan fingerprint density at radius 2 is 1.96 bits per heavy atom. The van der Waals surface area contributed by atoms with Gasteiger partial charge in [0, 0.05) is 31.5 Å². The number of nitrogens with zero attached hydrogens (tertiary/aromatic N) is 1. The van der Waals surface area contributed by atoms with E-state index in [0.717, 1.165) is 0 Å². The van der Waals surface area contributed by atoms with Crippen molar-refractivity contribution in [1.29, 1.82) is 0 Å². The van der Waals surface area contributed by atoms with Crippen molar-refractivity contribution in [2.75, 3.05) is 26.8 Å². The molecule has 8 heteroatoms. The summed E-state index contributed by atoms with van der Waals surface area (Å²) >= 11 is 6.17. The Morgan fingerprint density at radius 3 is 2.46 bits per heavy atom. The Morgan fingerprint density at radius 1 is 1.33 bits per heavy atom. The van der Waals surface area contributed by atoms with Crippen LogP contribution in [0.5, 0.6) is 11.5 Å². The van der Waals surface area contributed by atoms with Crippen LogP contribution in [0.4, 0.5) is 0 Å². The molecule has 1 fully saturated rings. The minimum Gasteiger partial charge on any atom is -0.493 e. The molecule has 0 atom stereocenters. The van der Waals surface area contributed by atoms with E-state index >= 15 is 0 Å². The molecule has 1 saturated heterocycles. The largest absolute Gasteiger partial charge is 0.493 e. The van der Waals surface area contributed by atoms with Gasteiger partial charge in [-0.1, -0.05) is 11.6 Å². The number of benzene rings is 1. The molecule has 7 nitrogen and oxygen atoms in total. The number of carbonyl (C=O) groups is 2. The summed E-state index contributed by atoms with van der Waals surface area (Å²) in [6.07, 6.45) is -0.0358. The summed E-state index contributed by atoms with van der Waals surface area (Å²) in [6, 6.07) is 3.03. The molecule has 0 unspecified atom stereocenters. The van der Waals surface area contributed by atoms with E-state index in [1.54, 1.807) is 0 Å². The lowest BCUT2D eigenvalue weighted by Crippen LogP contribution is -2.50. The molecule has 1 aromatic rings. The van der Waals surface area contributed by atoms with Crippen LogP contribution >= 0.6 is 11.6 Å². The Balaban J connectivity index is 2.19. The first-order valence-corrected chi connectivity index (χ1v) is 7.95. The number of hydrogen-bond donors (Lipinski definition) is 2. The van der Waals surface area contributed by atoms with Crippen molar-refractivity contribution in [1.82, 2.24) is 4.90 Å². The summed E-state index contributed by atoms with van der Waals surface area (Å²) in [5, 5.41) is 19.2. The number of carboxylic acid groups (broad SMARTS) is 1.